The number of nitrogens with one attached hydrogen (secondary N) is 1. The maximum absolute atomic E-state index is 9.88. The minimum Gasteiger partial charge on any atom is -0.391 e. The molecule has 0 spiro atoms. The van der Waals surface area contributed by atoms with E-state index in [9.17, 15) is 5.11 Å². The normalized spacial score (nSPS) is 26.5. The second-order valence-electron chi connectivity index (χ2n) is 5.43. The molecule has 5 nitrogen and oxygen atoms in total. The van der Waals surface area contributed by atoms with Crippen molar-refractivity contribution < 1.29 is 5.11 Å². The first kappa shape index (κ1) is 12.9. The zero-order chi connectivity index (χ0) is 14.3. The van der Waals surface area contributed by atoms with E-state index in [2.05, 4.69) is 21.3 Å². The molecule has 1 unspecified atom stereocenters. The van der Waals surface area contributed by atoms with E-state index in [1.807, 2.05) is 26.0 Å². The molecule has 2 N–H and O–H groups in total. The lowest BCUT2D eigenvalue weighted by Gasteiger charge is -2.17. The van der Waals surface area contributed by atoms with Gasteiger partial charge >= 0.3 is 0 Å². The number of benzene rings is 1. The van der Waals surface area contributed by atoms with E-state index in [0.29, 0.717) is 5.56 Å². The summed E-state index contributed by atoms with van der Waals surface area (Å²) in [5.41, 5.74) is 3.58. The third kappa shape index (κ3) is 1.93. The van der Waals surface area contributed by atoms with Crippen molar-refractivity contribution in [1.29, 1.82) is 5.26 Å². The summed E-state index contributed by atoms with van der Waals surface area (Å²) in [7, 11) is 0. The molecule has 0 aromatic heterocycles. The van der Waals surface area contributed by atoms with Crippen LogP contribution in [0.2, 0.25) is 0 Å². The number of guanidine groups is 1. The fourth-order valence-corrected chi connectivity index (χ4v) is 2.91. The Bertz CT molecular complexity index is 617. The Hall–Kier alpha value is -2.06. The topological polar surface area (TPSA) is 71.6 Å². The molecule has 0 amide bonds. The van der Waals surface area contributed by atoms with E-state index >= 15 is 0 Å². The van der Waals surface area contributed by atoms with Crippen LogP contribution >= 0.6 is 0 Å². The van der Waals surface area contributed by atoms with Crippen LogP contribution in [0.1, 0.15) is 23.1 Å². The van der Waals surface area contributed by atoms with Crippen LogP contribution in [0.15, 0.2) is 17.1 Å². The van der Waals surface area contributed by atoms with Crippen molar-refractivity contribution in [2.45, 2.75) is 32.4 Å². The number of fused-ring (bicyclic) bond motifs is 1. The van der Waals surface area contributed by atoms with Gasteiger partial charge in [0.15, 0.2) is 5.96 Å². The van der Waals surface area contributed by atoms with Gasteiger partial charge in [-0.05, 0) is 43.5 Å². The van der Waals surface area contributed by atoms with Gasteiger partial charge in [0.25, 0.3) is 0 Å². The van der Waals surface area contributed by atoms with Crippen molar-refractivity contribution in [3.63, 3.8) is 0 Å². The fourth-order valence-electron chi connectivity index (χ4n) is 2.91. The molecule has 0 bridgehead atoms. The Balaban J connectivity index is 1.94. The van der Waals surface area contributed by atoms with Crippen molar-refractivity contribution in [3.05, 3.63) is 28.8 Å². The molecule has 0 radical (unpaired) electrons. The SMILES string of the molecule is Cc1c(C#N)ccc(/N=C2\NC[C@@H]3C(O)CCN23)c1C. The van der Waals surface area contributed by atoms with Gasteiger partial charge < -0.3 is 15.3 Å². The van der Waals surface area contributed by atoms with E-state index in [4.69, 9.17) is 5.26 Å². The first-order chi connectivity index (χ1) is 9.61. The molecule has 1 aromatic carbocycles. The number of aliphatic hydroxyl groups is 1. The number of nitriles is 1. The summed E-state index contributed by atoms with van der Waals surface area (Å²) in [4.78, 5) is 6.82. The van der Waals surface area contributed by atoms with Crippen molar-refractivity contribution in [1.82, 2.24) is 10.2 Å². The van der Waals surface area contributed by atoms with Crippen LogP contribution < -0.4 is 5.32 Å². The van der Waals surface area contributed by atoms with E-state index < -0.39 is 0 Å². The molecule has 2 heterocycles. The number of hydrogen-bond acceptors (Lipinski definition) is 3. The lowest BCUT2D eigenvalue weighted by Crippen LogP contribution is -2.33. The minimum atomic E-state index is -0.265. The highest BCUT2D eigenvalue weighted by molar-refractivity contribution is 5.86. The van der Waals surface area contributed by atoms with Gasteiger partial charge in [0.05, 0.1) is 29.5 Å². The number of aliphatic hydroxyl groups excluding tert-OH is 1. The molecule has 2 atom stereocenters. The second kappa shape index (κ2) is 4.80. The average molecular weight is 270 g/mol. The monoisotopic (exact) mass is 270 g/mol. The lowest BCUT2D eigenvalue weighted by molar-refractivity contribution is 0.149. The predicted molar refractivity (Wildman–Crippen MR) is 76.8 cm³/mol. The molecule has 20 heavy (non-hydrogen) atoms. The summed E-state index contributed by atoms with van der Waals surface area (Å²) in [5.74, 6) is 0.832. The molecule has 2 fully saturated rings. The Morgan fingerprint density at radius 1 is 1.40 bits per heavy atom. The first-order valence-corrected chi connectivity index (χ1v) is 6.89. The molecule has 2 aliphatic rings. The van der Waals surface area contributed by atoms with Crippen LogP contribution in [0, 0.1) is 25.2 Å². The highest BCUT2D eigenvalue weighted by Crippen LogP contribution is 2.27. The Labute approximate surface area is 118 Å². The third-order valence-corrected chi connectivity index (χ3v) is 4.36. The van der Waals surface area contributed by atoms with Gasteiger partial charge in [0, 0.05) is 13.1 Å². The summed E-state index contributed by atoms with van der Waals surface area (Å²) in [6.45, 7) is 5.52. The number of hydrogen-bond donors (Lipinski definition) is 2. The van der Waals surface area contributed by atoms with E-state index in [0.717, 1.165) is 42.3 Å². The third-order valence-electron chi connectivity index (χ3n) is 4.36. The van der Waals surface area contributed by atoms with Crippen LogP contribution in [0.4, 0.5) is 5.69 Å². The summed E-state index contributed by atoms with van der Waals surface area (Å²) < 4.78 is 0. The van der Waals surface area contributed by atoms with Crippen LogP contribution in [0.5, 0.6) is 0 Å². The quantitative estimate of drug-likeness (QED) is 0.804. The summed E-state index contributed by atoms with van der Waals surface area (Å²) >= 11 is 0. The minimum absolute atomic E-state index is 0.147. The summed E-state index contributed by atoms with van der Waals surface area (Å²) in [6.07, 6.45) is 0.538. The van der Waals surface area contributed by atoms with Gasteiger partial charge in [-0.25, -0.2) is 4.99 Å². The first-order valence-electron chi connectivity index (χ1n) is 6.89. The molecule has 0 aliphatic carbocycles. The predicted octanol–water partition coefficient (Wildman–Crippen LogP) is 1.20. The van der Waals surface area contributed by atoms with Gasteiger partial charge in [-0.15, -0.1) is 0 Å². The van der Waals surface area contributed by atoms with Gasteiger partial charge in [-0.1, -0.05) is 0 Å². The van der Waals surface area contributed by atoms with Crippen molar-refractivity contribution >= 4 is 11.6 Å². The Morgan fingerprint density at radius 3 is 2.95 bits per heavy atom. The number of rotatable bonds is 1. The average Bonchev–Trinajstić information content (AvgIpc) is 3.00. The largest absolute Gasteiger partial charge is 0.391 e. The molecule has 104 valence electrons. The van der Waals surface area contributed by atoms with Crippen LogP contribution in [-0.2, 0) is 0 Å². The van der Waals surface area contributed by atoms with Gasteiger partial charge in [-0.3, -0.25) is 0 Å². The second-order valence-corrected chi connectivity index (χ2v) is 5.43. The van der Waals surface area contributed by atoms with E-state index in [-0.39, 0.29) is 12.1 Å². The van der Waals surface area contributed by atoms with E-state index in [1.54, 1.807) is 0 Å². The smallest absolute Gasteiger partial charge is 0.199 e. The molecule has 5 heteroatoms. The summed E-state index contributed by atoms with van der Waals surface area (Å²) in [6, 6.07) is 6.04. The zero-order valence-corrected chi connectivity index (χ0v) is 11.7. The molecule has 0 saturated carbocycles. The molecule has 3 rings (SSSR count). The van der Waals surface area contributed by atoms with Gasteiger partial charge in [0.1, 0.15) is 0 Å². The maximum atomic E-state index is 9.88. The van der Waals surface area contributed by atoms with Crippen molar-refractivity contribution in [2.24, 2.45) is 4.99 Å². The molecular weight excluding hydrogens is 252 g/mol. The molecular formula is C15H18N4O. The van der Waals surface area contributed by atoms with E-state index in [1.165, 1.54) is 0 Å². The lowest BCUT2D eigenvalue weighted by atomic mass is 10.0. The van der Waals surface area contributed by atoms with Gasteiger partial charge in [-0.2, -0.15) is 5.26 Å². The van der Waals surface area contributed by atoms with Crippen molar-refractivity contribution in [3.8, 4) is 6.07 Å². The number of nitrogens with zero attached hydrogens (tertiary/aromatic N) is 3. The van der Waals surface area contributed by atoms with Crippen LogP contribution in [0.25, 0.3) is 0 Å². The zero-order valence-electron chi connectivity index (χ0n) is 11.7. The van der Waals surface area contributed by atoms with Crippen molar-refractivity contribution in [2.75, 3.05) is 13.1 Å². The highest BCUT2D eigenvalue weighted by atomic mass is 16.3. The van der Waals surface area contributed by atoms with Gasteiger partial charge in [0.2, 0.25) is 0 Å². The molecule has 2 saturated heterocycles. The standard InChI is InChI=1S/C15H18N4O/c1-9-10(2)12(4-3-11(9)7-16)18-15-17-8-13-14(20)5-6-19(13)15/h3-4,13-14,20H,5-6,8H2,1-2H3,(H,17,18)/t13-,14?/m1/s1. The highest BCUT2D eigenvalue weighted by Gasteiger charge is 2.39. The fraction of sp³-hybridized carbons (Fsp3) is 0.467. The van der Waals surface area contributed by atoms with Crippen LogP contribution in [-0.4, -0.2) is 41.2 Å². The molecule has 2 aliphatic heterocycles. The Kier molecular flexibility index (Phi) is 3.11. The molecule has 1 aromatic rings. The summed E-state index contributed by atoms with van der Waals surface area (Å²) in [5, 5.41) is 22.2. The Morgan fingerprint density at radius 2 is 2.20 bits per heavy atom. The van der Waals surface area contributed by atoms with Crippen LogP contribution in [0.3, 0.4) is 0 Å². The number of aliphatic imine (C=N–C) groups is 1. The maximum Gasteiger partial charge on any atom is 0.199 e.